The van der Waals surface area contributed by atoms with E-state index in [1.54, 1.807) is 24.3 Å². The summed E-state index contributed by atoms with van der Waals surface area (Å²) < 4.78 is 0. The molecule has 2 aromatic rings. The molecule has 6 nitrogen and oxygen atoms in total. The Morgan fingerprint density at radius 3 is 2.48 bits per heavy atom. The van der Waals surface area contributed by atoms with Crippen molar-refractivity contribution in [1.29, 1.82) is 0 Å². The van der Waals surface area contributed by atoms with Crippen molar-refractivity contribution in [2.45, 2.75) is 6.54 Å². The molecule has 0 aliphatic rings. The van der Waals surface area contributed by atoms with Crippen LogP contribution in [0, 0.1) is 10.1 Å². The maximum absolute atomic E-state index is 12.0. The predicted octanol–water partition coefficient (Wildman–Crippen LogP) is 2.76. The van der Waals surface area contributed by atoms with Gasteiger partial charge in [0.15, 0.2) is 0 Å². The summed E-state index contributed by atoms with van der Waals surface area (Å²) in [6, 6.07) is 10.9. The van der Waals surface area contributed by atoms with Crippen LogP contribution in [-0.2, 0) is 6.54 Å². The number of nitrogens with zero attached hydrogens (tertiary/aromatic N) is 1. The predicted molar refractivity (Wildman–Crippen MR) is 80.1 cm³/mol. The Morgan fingerprint density at radius 2 is 1.90 bits per heavy atom. The van der Waals surface area contributed by atoms with E-state index in [2.05, 4.69) is 5.32 Å². The average Bonchev–Trinajstić information content (AvgIpc) is 2.45. The zero-order valence-corrected chi connectivity index (χ0v) is 11.6. The molecule has 0 saturated carbocycles. The van der Waals surface area contributed by atoms with Crippen molar-refractivity contribution < 1.29 is 9.72 Å². The van der Waals surface area contributed by atoms with Crippen LogP contribution >= 0.6 is 11.6 Å². The molecule has 3 N–H and O–H groups in total. The van der Waals surface area contributed by atoms with Crippen LogP contribution in [0.3, 0.4) is 0 Å². The van der Waals surface area contributed by atoms with Crippen molar-refractivity contribution in [2.75, 3.05) is 5.73 Å². The fourth-order valence-corrected chi connectivity index (χ4v) is 1.87. The molecule has 21 heavy (non-hydrogen) atoms. The molecule has 0 atom stereocenters. The average molecular weight is 306 g/mol. The Morgan fingerprint density at radius 1 is 1.24 bits per heavy atom. The number of nitro benzene ring substituents is 1. The zero-order valence-electron chi connectivity index (χ0n) is 10.9. The maximum atomic E-state index is 12.0. The lowest BCUT2D eigenvalue weighted by atomic mass is 10.1. The second-order valence-corrected chi connectivity index (χ2v) is 4.78. The van der Waals surface area contributed by atoms with Crippen LogP contribution < -0.4 is 11.1 Å². The van der Waals surface area contributed by atoms with Gasteiger partial charge in [0, 0.05) is 23.2 Å². The van der Waals surface area contributed by atoms with Gasteiger partial charge in [-0.15, -0.1) is 0 Å². The summed E-state index contributed by atoms with van der Waals surface area (Å²) in [5.41, 5.74) is 6.45. The fourth-order valence-electron chi connectivity index (χ4n) is 1.75. The fraction of sp³-hybridized carbons (Fsp3) is 0.0714. The van der Waals surface area contributed by atoms with E-state index in [9.17, 15) is 14.9 Å². The number of hydrogen-bond donors (Lipinski definition) is 2. The number of nitrogens with two attached hydrogens (primary N) is 1. The topological polar surface area (TPSA) is 98.3 Å². The summed E-state index contributed by atoms with van der Waals surface area (Å²) >= 11 is 5.77. The summed E-state index contributed by atoms with van der Waals surface area (Å²) in [7, 11) is 0. The summed E-state index contributed by atoms with van der Waals surface area (Å²) in [5.74, 6) is -0.355. The summed E-state index contributed by atoms with van der Waals surface area (Å²) in [5, 5.41) is 14.0. The molecule has 0 aliphatic carbocycles. The monoisotopic (exact) mass is 305 g/mol. The molecule has 0 radical (unpaired) electrons. The lowest BCUT2D eigenvalue weighted by Crippen LogP contribution is -2.22. The highest BCUT2D eigenvalue weighted by atomic mass is 35.5. The summed E-state index contributed by atoms with van der Waals surface area (Å²) in [6.45, 7) is 0.326. The van der Waals surface area contributed by atoms with E-state index in [1.165, 1.54) is 18.2 Å². The zero-order chi connectivity index (χ0) is 15.4. The second kappa shape index (κ2) is 6.23. The highest BCUT2D eigenvalue weighted by Crippen LogP contribution is 2.22. The van der Waals surface area contributed by atoms with Gasteiger partial charge in [-0.3, -0.25) is 14.9 Å². The number of carbonyl (C=O) groups excluding carboxylic acids is 1. The van der Waals surface area contributed by atoms with Gasteiger partial charge in [0.25, 0.3) is 11.6 Å². The van der Waals surface area contributed by atoms with E-state index >= 15 is 0 Å². The van der Waals surface area contributed by atoms with Crippen molar-refractivity contribution in [1.82, 2.24) is 5.32 Å². The Kier molecular flexibility index (Phi) is 4.39. The molecule has 0 saturated heterocycles. The van der Waals surface area contributed by atoms with E-state index in [4.69, 9.17) is 17.3 Å². The van der Waals surface area contributed by atoms with Crippen molar-refractivity contribution in [3.8, 4) is 0 Å². The molecule has 0 fully saturated rings. The molecule has 1 amide bonds. The third kappa shape index (κ3) is 3.70. The van der Waals surface area contributed by atoms with E-state index in [0.717, 1.165) is 5.56 Å². The van der Waals surface area contributed by atoms with E-state index in [-0.39, 0.29) is 22.8 Å². The molecule has 0 aliphatic heterocycles. The number of anilines is 1. The van der Waals surface area contributed by atoms with Gasteiger partial charge in [-0.05, 0) is 29.8 Å². The van der Waals surface area contributed by atoms with Gasteiger partial charge >= 0.3 is 0 Å². The molecule has 7 heteroatoms. The van der Waals surface area contributed by atoms with Crippen molar-refractivity contribution in [3.63, 3.8) is 0 Å². The number of amides is 1. The summed E-state index contributed by atoms with van der Waals surface area (Å²) in [6.07, 6.45) is 0. The minimum Gasteiger partial charge on any atom is -0.393 e. The molecule has 0 heterocycles. The molecule has 2 aromatic carbocycles. The number of nitrogens with one attached hydrogen (secondary N) is 1. The molecule has 0 spiro atoms. The number of carbonyl (C=O) groups is 1. The molecule has 0 unspecified atom stereocenters. The van der Waals surface area contributed by atoms with Crippen LogP contribution in [0.1, 0.15) is 15.9 Å². The molecule has 0 aromatic heterocycles. The van der Waals surface area contributed by atoms with Gasteiger partial charge in [-0.1, -0.05) is 23.7 Å². The first-order valence-corrected chi connectivity index (χ1v) is 6.42. The van der Waals surface area contributed by atoms with Gasteiger partial charge < -0.3 is 11.1 Å². The minimum absolute atomic E-state index is 0.0425. The molecular formula is C14H12ClN3O3. The number of benzene rings is 2. The Bertz CT molecular complexity index is 686. The van der Waals surface area contributed by atoms with Crippen LogP contribution in [-0.4, -0.2) is 10.8 Å². The van der Waals surface area contributed by atoms with Crippen molar-refractivity contribution in [3.05, 3.63) is 68.7 Å². The highest BCUT2D eigenvalue weighted by molar-refractivity contribution is 6.30. The highest BCUT2D eigenvalue weighted by Gasteiger charge is 2.14. The first kappa shape index (κ1) is 14.8. The first-order valence-electron chi connectivity index (χ1n) is 6.04. The molecular weight excluding hydrogens is 294 g/mol. The SMILES string of the molecule is Nc1cc(C(=O)NCc2ccc(Cl)cc2)ccc1[N+](=O)[O-]. The lowest BCUT2D eigenvalue weighted by Gasteiger charge is -2.06. The van der Waals surface area contributed by atoms with Crippen LogP contribution in [0.25, 0.3) is 0 Å². The van der Waals surface area contributed by atoms with Crippen LogP contribution in [0.5, 0.6) is 0 Å². The molecule has 2 rings (SSSR count). The molecule has 108 valence electrons. The summed E-state index contributed by atoms with van der Waals surface area (Å²) in [4.78, 5) is 22.0. The maximum Gasteiger partial charge on any atom is 0.292 e. The number of nitrogen functional groups attached to an aromatic ring is 1. The second-order valence-electron chi connectivity index (χ2n) is 4.34. The van der Waals surface area contributed by atoms with Crippen LogP contribution in [0.4, 0.5) is 11.4 Å². The Hall–Kier alpha value is -2.60. The standard InChI is InChI=1S/C14H12ClN3O3/c15-11-4-1-9(2-5-11)8-17-14(19)10-3-6-13(18(20)21)12(16)7-10/h1-7H,8,16H2,(H,17,19). The molecule has 0 bridgehead atoms. The normalized spacial score (nSPS) is 10.1. The largest absolute Gasteiger partial charge is 0.393 e. The number of nitro groups is 1. The minimum atomic E-state index is -0.593. The van der Waals surface area contributed by atoms with Gasteiger partial charge in [0.05, 0.1) is 4.92 Å². The smallest absolute Gasteiger partial charge is 0.292 e. The Balaban J connectivity index is 2.05. The van der Waals surface area contributed by atoms with E-state index in [0.29, 0.717) is 11.6 Å². The lowest BCUT2D eigenvalue weighted by molar-refractivity contribution is -0.383. The first-order chi connectivity index (χ1) is 9.97. The van der Waals surface area contributed by atoms with Crippen molar-refractivity contribution in [2.24, 2.45) is 0 Å². The van der Waals surface area contributed by atoms with Crippen LogP contribution in [0.2, 0.25) is 5.02 Å². The Labute approximate surface area is 125 Å². The van der Waals surface area contributed by atoms with Gasteiger partial charge in [0.2, 0.25) is 0 Å². The third-order valence-electron chi connectivity index (χ3n) is 2.85. The third-order valence-corrected chi connectivity index (χ3v) is 3.10. The van der Waals surface area contributed by atoms with Gasteiger partial charge in [0.1, 0.15) is 5.69 Å². The van der Waals surface area contributed by atoms with Gasteiger partial charge in [-0.25, -0.2) is 0 Å². The number of halogens is 1. The van der Waals surface area contributed by atoms with E-state index in [1.807, 2.05) is 0 Å². The van der Waals surface area contributed by atoms with E-state index < -0.39 is 4.92 Å². The quantitative estimate of drug-likeness (QED) is 0.515. The number of hydrogen-bond acceptors (Lipinski definition) is 4. The van der Waals surface area contributed by atoms with Crippen LogP contribution in [0.15, 0.2) is 42.5 Å². The number of rotatable bonds is 4. The van der Waals surface area contributed by atoms with Gasteiger partial charge in [-0.2, -0.15) is 0 Å². The van der Waals surface area contributed by atoms with Crippen molar-refractivity contribution >= 4 is 28.9 Å².